The van der Waals surface area contributed by atoms with E-state index in [1.165, 1.54) is 6.07 Å². The molecule has 198 valence electrons. The Balaban J connectivity index is 1.24. The second kappa shape index (κ2) is 7.92. The fraction of sp³-hybridized carbons (Fsp3) is 0.0588. The van der Waals surface area contributed by atoms with Gasteiger partial charge in [0.15, 0.2) is 5.43 Å². The van der Waals surface area contributed by atoms with Crippen LogP contribution in [0.3, 0.4) is 0 Å². The molecule has 2 aliphatic carbocycles. The molecule has 0 fully saturated rings. The average Bonchev–Trinajstić information content (AvgIpc) is 2.98. The molecule has 0 bridgehead atoms. The molecule has 0 radical (unpaired) electrons. The molecule has 0 atom stereocenters. The van der Waals surface area contributed by atoms with E-state index in [2.05, 4.69) is 9.97 Å². The third kappa shape index (κ3) is 3.11. The van der Waals surface area contributed by atoms with Crippen molar-refractivity contribution in [2.75, 3.05) is 0 Å². The zero-order valence-corrected chi connectivity index (χ0v) is 22.0. The fourth-order valence-electron chi connectivity index (χ4n) is 6.69. The minimum atomic E-state index is -0.351. The highest BCUT2D eigenvalue weighted by Gasteiger charge is 2.41. The second-order valence-electron chi connectivity index (χ2n) is 11.2. The van der Waals surface area contributed by atoms with E-state index >= 15 is 0 Å². The molecular weight excluding hydrogens is 528 g/mol. The summed E-state index contributed by atoms with van der Waals surface area (Å²) in [6.07, 6.45) is 0.881. The van der Waals surface area contributed by atoms with Crippen molar-refractivity contribution in [2.24, 2.45) is 0 Å². The van der Waals surface area contributed by atoms with Crippen molar-refractivity contribution in [2.45, 2.75) is 12.8 Å². The van der Waals surface area contributed by atoms with Crippen molar-refractivity contribution < 1.29 is 0 Å². The van der Waals surface area contributed by atoms with Crippen molar-refractivity contribution in [1.82, 2.24) is 19.5 Å². The molecule has 3 aromatic rings. The maximum absolute atomic E-state index is 13.8. The van der Waals surface area contributed by atoms with E-state index < -0.39 is 0 Å². The van der Waals surface area contributed by atoms with Gasteiger partial charge >= 0.3 is 5.69 Å². The number of H-pyrrole nitrogens is 2. The maximum Gasteiger partial charge on any atom is 0.314 e. The van der Waals surface area contributed by atoms with Crippen LogP contribution in [0.4, 0.5) is 22.7 Å². The minimum Gasteiger partial charge on any atom is -0.354 e. The van der Waals surface area contributed by atoms with Gasteiger partial charge in [0.2, 0.25) is 0 Å². The third-order valence-corrected chi connectivity index (χ3v) is 8.69. The van der Waals surface area contributed by atoms with E-state index in [4.69, 9.17) is 0 Å². The summed E-state index contributed by atoms with van der Waals surface area (Å²) in [5.74, 6) is 0. The number of hydrogen-bond acceptors (Lipinski definition) is 4. The predicted molar refractivity (Wildman–Crippen MR) is 164 cm³/mol. The molecule has 0 saturated carbocycles. The lowest BCUT2D eigenvalue weighted by Crippen LogP contribution is -2.22. The van der Waals surface area contributed by atoms with Gasteiger partial charge in [0.1, 0.15) is 0 Å². The van der Waals surface area contributed by atoms with Crippen LogP contribution in [0.5, 0.6) is 0 Å². The van der Waals surface area contributed by atoms with Crippen LogP contribution in [-0.2, 0) is 12.8 Å². The number of nitroso groups, excluding NO2 is 2. The average molecular weight is 549 g/mol. The van der Waals surface area contributed by atoms with E-state index in [1.54, 1.807) is 30.3 Å². The first-order valence-corrected chi connectivity index (χ1v) is 13.7. The molecule has 6 aliphatic rings. The Hall–Kier alpha value is -5.76. The summed E-state index contributed by atoms with van der Waals surface area (Å²) in [6.45, 7) is 0. The molecule has 42 heavy (non-hydrogen) atoms. The number of fused-ring (bicyclic) bond motifs is 9. The van der Waals surface area contributed by atoms with Gasteiger partial charge in [-0.25, -0.2) is 0 Å². The van der Waals surface area contributed by atoms with Gasteiger partial charge in [-0.3, -0.25) is 9.59 Å². The Labute approximate surface area is 236 Å². The lowest BCUT2D eigenvalue weighted by Gasteiger charge is -2.19. The van der Waals surface area contributed by atoms with E-state index in [0.717, 1.165) is 59.3 Å². The molecule has 4 aliphatic heterocycles. The maximum atomic E-state index is 13.8. The molecule has 3 aromatic carbocycles. The number of nitrogens with one attached hydrogen (secondary N) is 2. The summed E-state index contributed by atoms with van der Waals surface area (Å²) in [7, 11) is 0. The summed E-state index contributed by atoms with van der Waals surface area (Å²) in [6, 6.07) is 25.5. The van der Waals surface area contributed by atoms with Gasteiger partial charge in [0.25, 0.3) is 22.5 Å². The summed E-state index contributed by atoms with van der Waals surface area (Å²) < 4.78 is 1.67. The number of aromatic amines is 2. The quantitative estimate of drug-likeness (QED) is 0.165. The van der Waals surface area contributed by atoms with Gasteiger partial charge in [-0.15, -0.1) is 0 Å². The second-order valence-corrected chi connectivity index (χ2v) is 11.2. The highest BCUT2D eigenvalue weighted by molar-refractivity contribution is 5.99. The minimum absolute atomic E-state index is 0.0636. The zero-order valence-electron chi connectivity index (χ0n) is 22.0. The normalized spacial score (nSPS) is 13.8. The molecule has 4 heterocycles. The van der Waals surface area contributed by atoms with Crippen molar-refractivity contribution in [3.8, 4) is 22.5 Å². The van der Waals surface area contributed by atoms with Gasteiger partial charge < -0.3 is 9.97 Å². The summed E-state index contributed by atoms with van der Waals surface area (Å²) in [5.41, 5.74) is 9.02. The molecule has 0 amide bonds. The topological polar surface area (TPSA) is 106 Å². The first-order valence-electron chi connectivity index (χ1n) is 13.7. The largest absolute Gasteiger partial charge is 0.354 e. The van der Waals surface area contributed by atoms with E-state index in [9.17, 15) is 19.4 Å². The molecular formula is C34H20N4O4+2. The van der Waals surface area contributed by atoms with Crippen LogP contribution in [-0.4, -0.2) is 9.97 Å². The highest BCUT2D eigenvalue weighted by atomic mass is 16.3. The Morgan fingerprint density at radius 3 is 2.14 bits per heavy atom. The van der Waals surface area contributed by atoms with Gasteiger partial charge in [0.05, 0.1) is 15.2 Å². The number of aromatic nitrogens is 2. The number of nitrogens with zero attached hydrogens (tertiary/aromatic N) is 2. The molecule has 2 N–H and O–H groups in total. The third-order valence-electron chi connectivity index (χ3n) is 8.69. The molecule has 8 heteroatoms. The monoisotopic (exact) mass is 548 g/mol. The molecule has 9 rings (SSSR count). The Kier molecular flexibility index (Phi) is 4.33. The summed E-state index contributed by atoms with van der Waals surface area (Å²) in [4.78, 5) is 59.1. The number of hydrogen-bond donors (Lipinski definition) is 2. The van der Waals surface area contributed by atoms with Crippen molar-refractivity contribution in [1.29, 1.82) is 0 Å². The molecule has 0 saturated heterocycles. The van der Waals surface area contributed by atoms with E-state index in [-0.39, 0.29) is 16.5 Å². The van der Waals surface area contributed by atoms with Gasteiger partial charge in [-0.2, -0.15) is 0 Å². The van der Waals surface area contributed by atoms with Crippen LogP contribution in [0.2, 0.25) is 0 Å². The first-order chi connectivity index (χ1) is 20.4. The molecule has 0 unspecified atom stereocenters. The van der Waals surface area contributed by atoms with Gasteiger partial charge in [0, 0.05) is 108 Å². The summed E-state index contributed by atoms with van der Waals surface area (Å²) in [5, 5.41) is 1.85. The number of para-hydroxylation sites is 1. The standard InChI is InChI=1S/C34H18N4O4/c39-23-6-5-17-7-19-11-27-20(12-26(19)35-28(17)15-23)9-24-25-10-22-14-31-21(8-18-3-1-2-4-30(18)37(31)41)13-32(22)38(42)34(25)33(40)16-29(24)36-27/h1-7,9,11-16H,8,10H2/p+2. The molecule has 0 aromatic heterocycles. The number of benzene rings is 5. The SMILES string of the molecule is O=c1ccc2cc3cc4[nH]c5cc(=O)c6c(c-5cc4cc3[nH]c-2c1)Cc1cc2c(cc1[N+]6=O)Cc1ccccc1[N+]2=O. The zero-order chi connectivity index (χ0) is 28.3. The first kappa shape index (κ1) is 23.0. The molecule has 8 nitrogen and oxygen atoms in total. The predicted octanol–water partition coefficient (Wildman–Crippen LogP) is 6.59. The van der Waals surface area contributed by atoms with E-state index in [1.807, 2.05) is 48.5 Å². The van der Waals surface area contributed by atoms with E-state index in [0.29, 0.717) is 46.7 Å². The lowest BCUT2D eigenvalue weighted by molar-refractivity contribution is 0.907. The fourth-order valence-corrected chi connectivity index (χ4v) is 6.69. The van der Waals surface area contributed by atoms with Crippen LogP contribution in [0.1, 0.15) is 22.3 Å². The van der Waals surface area contributed by atoms with Crippen LogP contribution in [0, 0.1) is 9.81 Å². The lowest BCUT2D eigenvalue weighted by atomic mass is 9.87. The Morgan fingerprint density at radius 1 is 0.595 bits per heavy atom. The smallest absolute Gasteiger partial charge is 0.314 e. The van der Waals surface area contributed by atoms with Crippen LogP contribution < -0.4 is 20.4 Å². The Bertz CT molecular complexity index is 2450. The van der Waals surface area contributed by atoms with Crippen molar-refractivity contribution in [3.63, 3.8) is 0 Å². The van der Waals surface area contributed by atoms with Crippen LogP contribution >= 0.6 is 0 Å². The summed E-state index contributed by atoms with van der Waals surface area (Å²) >= 11 is 0. The van der Waals surface area contributed by atoms with Crippen LogP contribution in [0.25, 0.3) is 44.3 Å². The Morgan fingerprint density at radius 2 is 1.31 bits per heavy atom. The number of rotatable bonds is 0. The number of pyridine rings is 2. The van der Waals surface area contributed by atoms with Crippen molar-refractivity contribution >= 4 is 44.6 Å². The van der Waals surface area contributed by atoms with Gasteiger partial charge in [-0.05, 0) is 42.0 Å². The van der Waals surface area contributed by atoms with Crippen molar-refractivity contribution in [3.05, 3.63) is 137 Å². The highest BCUT2D eigenvalue weighted by Crippen LogP contribution is 2.44. The van der Waals surface area contributed by atoms with Crippen LogP contribution in [0.15, 0.2) is 94.5 Å². The van der Waals surface area contributed by atoms with Gasteiger partial charge in [-0.1, -0.05) is 18.2 Å². The molecule has 0 spiro atoms.